The van der Waals surface area contributed by atoms with Crippen LogP contribution < -0.4 is 5.32 Å². The summed E-state index contributed by atoms with van der Waals surface area (Å²) in [5.74, 6) is -1.78. The number of aliphatic hydroxyl groups excluding tert-OH is 1. The van der Waals surface area contributed by atoms with Crippen molar-refractivity contribution >= 4 is 27.4 Å². The molecule has 0 spiro atoms. The molecule has 0 aliphatic carbocycles. The van der Waals surface area contributed by atoms with Gasteiger partial charge in [-0.2, -0.15) is 13.2 Å². The number of hydrogen-bond donors (Lipinski definition) is 3. The second kappa shape index (κ2) is 11.0. The van der Waals surface area contributed by atoms with Gasteiger partial charge in [-0.3, -0.25) is 0 Å². The SMILES string of the molecule is C[C@H](Cc1ccc(S(=O)(=O)c2ccc(C(F)(F)F)cc2C(=O)O)cc1)NC[C@H](O)c1cccc(Cl)c1. The molecule has 3 N–H and O–H groups in total. The van der Waals surface area contributed by atoms with Gasteiger partial charge in [-0.1, -0.05) is 35.9 Å². The third-order valence-corrected chi connectivity index (χ3v) is 7.56. The van der Waals surface area contributed by atoms with E-state index in [1.54, 1.807) is 36.4 Å². The largest absolute Gasteiger partial charge is 0.478 e. The summed E-state index contributed by atoms with van der Waals surface area (Å²) in [6.45, 7) is 2.15. The summed E-state index contributed by atoms with van der Waals surface area (Å²) in [5.41, 5.74) is -0.779. The Kier molecular flexibility index (Phi) is 8.45. The number of nitrogens with one attached hydrogen (secondary N) is 1. The van der Waals surface area contributed by atoms with E-state index in [0.717, 1.165) is 5.56 Å². The maximum absolute atomic E-state index is 13.0. The summed E-state index contributed by atoms with van der Waals surface area (Å²) < 4.78 is 64.9. The van der Waals surface area contributed by atoms with Gasteiger partial charge in [0.15, 0.2) is 0 Å². The molecule has 0 bridgehead atoms. The van der Waals surface area contributed by atoms with Gasteiger partial charge >= 0.3 is 12.1 Å². The van der Waals surface area contributed by atoms with Gasteiger partial charge in [-0.15, -0.1) is 0 Å². The normalized spacial score (nSPS) is 13.8. The summed E-state index contributed by atoms with van der Waals surface area (Å²) in [7, 11) is -4.39. The first kappa shape index (κ1) is 27.7. The van der Waals surface area contributed by atoms with E-state index in [1.165, 1.54) is 12.1 Å². The van der Waals surface area contributed by atoms with Crippen LogP contribution in [-0.2, 0) is 22.4 Å². The second-order valence-corrected chi connectivity index (χ2v) is 10.6. The van der Waals surface area contributed by atoms with Crippen molar-refractivity contribution in [1.82, 2.24) is 5.32 Å². The van der Waals surface area contributed by atoms with E-state index in [4.69, 9.17) is 11.6 Å². The third kappa shape index (κ3) is 6.64. The lowest BCUT2D eigenvalue weighted by molar-refractivity contribution is -0.137. The van der Waals surface area contributed by atoms with E-state index in [-0.39, 0.29) is 17.5 Å². The predicted octanol–water partition coefficient (Wildman–Crippen LogP) is 5.14. The monoisotopic (exact) mass is 541 g/mol. The topological polar surface area (TPSA) is 104 Å². The number of carboxylic acids is 1. The maximum atomic E-state index is 13.0. The van der Waals surface area contributed by atoms with Crippen LogP contribution in [0.2, 0.25) is 5.02 Å². The molecule has 3 rings (SSSR count). The Labute approximate surface area is 211 Å². The molecular formula is C25H23ClF3NO5S. The average Bonchev–Trinajstić information content (AvgIpc) is 2.82. The molecule has 3 aromatic rings. The number of halogens is 4. The van der Waals surface area contributed by atoms with Crippen molar-refractivity contribution in [2.45, 2.75) is 41.5 Å². The maximum Gasteiger partial charge on any atom is 0.416 e. The van der Waals surface area contributed by atoms with Crippen molar-refractivity contribution in [3.8, 4) is 0 Å². The molecule has 36 heavy (non-hydrogen) atoms. The molecule has 0 saturated heterocycles. The Morgan fingerprint density at radius 1 is 1.06 bits per heavy atom. The lowest BCUT2D eigenvalue weighted by Crippen LogP contribution is -2.32. The molecule has 192 valence electrons. The zero-order valence-corrected chi connectivity index (χ0v) is 20.5. The number of alkyl halides is 3. The highest BCUT2D eigenvalue weighted by atomic mass is 35.5. The summed E-state index contributed by atoms with van der Waals surface area (Å²) >= 11 is 5.94. The highest BCUT2D eigenvalue weighted by Gasteiger charge is 2.34. The lowest BCUT2D eigenvalue weighted by atomic mass is 10.1. The molecule has 0 amide bonds. The average molecular weight is 542 g/mol. The van der Waals surface area contributed by atoms with E-state index in [9.17, 15) is 36.6 Å². The zero-order chi connectivity index (χ0) is 26.7. The van der Waals surface area contributed by atoms with Crippen LogP contribution in [-0.4, -0.2) is 37.2 Å². The number of carboxylic acid groups (broad SMARTS) is 1. The Hall–Kier alpha value is -2.92. The van der Waals surface area contributed by atoms with Crippen molar-refractivity contribution < 1.29 is 36.6 Å². The first-order chi connectivity index (χ1) is 16.8. The molecule has 3 aromatic carbocycles. The van der Waals surface area contributed by atoms with Gasteiger partial charge in [0.25, 0.3) is 0 Å². The van der Waals surface area contributed by atoms with Crippen LogP contribution in [0.3, 0.4) is 0 Å². The van der Waals surface area contributed by atoms with Crippen molar-refractivity contribution in [2.24, 2.45) is 0 Å². The van der Waals surface area contributed by atoms with Crippen LogP contribution in [0.4, 0.5) is 13.2 Å². The third-order valence-electron chi connectivity index (χ3n) is 5.50. The van der Waals surface area contributed by atoms with Crippen molar-refractivity contribution in [1.29, 1.82) is 0 Å². The molecule has 0 heterocycles. The zero-order valence-electron chi connectivity index (χ0n) is 19.0. The van der Waals surface area contributed by atoms with Gasteiger partial charge in [0.2, 0.25) is 9.84 Å². The molecule has 0 aliphatic rings. The first-order valence-corrected chi connectivity index (χ1v) is 12.6. The Morgan fingerprint density at radius 3 is 2.31 bits per heavy atom. The van der Waals surface area contributed by atoms with Crippen molar-refractivity contribution in [2.75, 3.05) is 6.54 Å². The van der Waals surface area contributed by atoms with Gasteiger partial charge < -0.3 is 15.5 Å². The smallest absolute Gasteiger partial charge is 0.416 e. The fourth-order valence-corrected chi connectivity index (χ4v) is 5.24. The molecular weight excluding hydrogens is 519 g/mol. The Balaban J connectivity index is 1.72. The fourth-order valence-electron chi connectivity index (χ4n) is 3.61. The number of rotatable bonds is 9. The van der Waals surface area contributed by atoms with E-state index in [2.05, 4.69) is 5.32 Å². The van der Waals surface area contributed by atoms with Gasteiger partial charge in [-0.25, -0.2) is 13.2 Å². The molecule has 0 saturated carbocycles. The summed E-state index contributed by atoms with van der Waals surface area (Å²) in [6.07, 6.45) is -5.10. The van der Waals surface area contributed by atoms with Crippen LogP contribution in [0.25, 0.3) is 0 Å². The number of hydrogen-bond acceptors (Lipinski definition) is 5. The minimum Gasteiger partial charge on any atom is -0.478 e. The summed E-state index contributed by atoms with van der Waals surface area (Å²) in [6, 6.07) is 13.9. The van der Waals surface area contributed by atoms with Gasteiger partial charge in [0.1, 0.15) is 0 Å². The quantitative estimate of drug-likeness (QED) is 0.346. The van der Waals surface area contributed by atoms with Crippen LogP contribution in [0.15, 0.2) is 76.5 Å². The number of carbonyl (C=O) groups is 1. The van der Waals surface area contributed by atoms with Crippen LogP contribution >= 0.6 is 11.6 Å². The molecule has 0 unspecified atom stereocenters. The number of sulfone groups is 1. The summed E-state index contributed by atoms with van der Waals surface area (Å²) in [5, 5.41) is 23.4. The van der Waals surface area contributed by atoms with Gasteiger partial charge in [-0.05, 0) is 66.9 Å². The number of aromatic carboxylic acids is 1. The summed E-state index contributed by atoms with van der Waals surface area (Å²) in [4.78, 5) is 10.5. The first-order valence-electron chi connectivity index (χ1n) is 10.7. The number of aliphatic hydroxyl groups is 1. The van der Waals surface area contributed by atoms with Crippen LogP contribution in [0.5, 0.6) is 0 Å². The van der Waals surface area contributed by atoms with Crippen molar-refractivity contribution in [3.63, 3.8) is 0 Å². The van der Waals surface area contributed by atoms with E-state index in [1.807, 2.05) is 6.92 Å². The fraction of sp³-hybridized carbons (Fsp3) is 0.240. The molecule has 2 atom stereocenters. The second-order valence-electron chi connectivity index (χ2n) is 8.25. The minimum atomic E-state index is -4.82. The predicted molar refractivity (Wildman–Crippen MR) is 128 cm³/mol. The van der Waals surface area contributed by atoms with Gasteiger partial charge in [0, 0.05) is 17.6 Å². The van der Waals surface area contributed by atoms with Crippen LogP contribution in [0.1, 0.15) is 40.1 Å². The van der Waals surface area contributed by atoms with Gasteiger partial charge in [0.05, 0.1) is 27.0 Å². The highest BCUT2D eigenvalue weighted by molar-refractivity contribution is 7.91. The van der Waals surface area contributed by atoms with Crippen molar-refractivity contribution in [3.05, 3.63) is 94.0 Å². The molecule has 0 radical (unpaired) electrons. The minimum absolute atomic E-state index is 0.0881. The molecule has 6 nitrogen and oxygen atoms in total. The van der Waals surface area contributed by atoms with E-state index < -0.39 is 44.1 Å². The standard InChI is InChI=1S/C25H23ClF3NO5S/c1-15(30-14-22(31)17-3-2-4-19(26)12-17)11-16-5-8-20(9-6-16)36(34,35)23-10-7-18(25(27,28)29)13-21(23)24(32)33/h2-10,12-13,15,22,30-31H,11,14H2,1H3,(H,32,33)/t15-,22+/m1/s1. The Bertz CT molecular complexity index is 1340. The van der Waals surface area contributed by atoms with Crippen LogP contribution in [0, 0.1) is 0 Å². The van der Waals surface area contributed by atoms with E-state index >= 15 is 0 Å². The molecule has 0 aromatic heterocycles. The molecule has 11 heteroatoms. The molecule has 0 aliphatic heterocycles. The lowest BCUT2D eigenvalue weighted by Gasteiger charge is -2.18. The number of benzene rings is 3. The van der Waals surface area contributed by atoms with E-state index in [0.29, 0.717) is 35.2 Å². The Morgan fingerprint density at radius 2 is 1.72 bits per heavy atom. The molecule has 0 fully saturated rings. The highest BCUT2D eigenvalue weighted by Crippen LogP contribution is 2.33.